The van der Waals surface area contributed by atoms with Crippen molar-refractivity contribution in [1.82, 2.24) is 4.98 Å². The van der Waals surface area contributed by atoms with Gasteiger partial charge in [-0.2, -0.15) is 13.2 Å². The molecular weight excluding hydrogens is 399 g/mol. The fourth-order valence-electron chi connectivity index (χ4n) is 2.63. The van der Waals surface area contributed by atoms with Crippen LogP contribution in [0.1, 0.15) is 32.4 Å². The predicted molar refractivity (Wildman–Crippen MR) is 96.6 cm³/mol. The first-order chi connectivity index (χ1) is 13.2. The number of aromatic nitrogens is 1. The van der Waals surface area contributed by atoms with E-state index in [1.54, 1.807) is 30.3 Å². The fraction of sp³-hybridized carbons (Fsp3) is 0.158. The molecule has 1 heterocycles. The van der Waals surface area contributed by atoms with E-state index in [1.807, 2.05) is 0 Å². The third-order valence-corrected chi connectivity index (χ3v) is 4.84. The van der Waals surface area contributed by atoms with Crippen LogP contribution in [0.15, 0.2) is 48.5 Å². The molecule has 3 aromatic rings. The van der Waals surface area contributed by atoms with Crippen molar-refractivity contribution >= 4 is 22.9 Å². The van der Waals surface area contributed by atoms with Crippen LogP contribution in [0.5, 0.6) is 0 Å². The molecule has 0 aliphatic heterocycles. The molecule has 146 valence electrons. The molecule has 0 saturated heterocycles. The van der Waals surface area contributed by atoms with E-state index in [0.29, 0.717) is 11.1 Å². The standard InChI is InChI=1S/C19H13F5N2OS/c1-10-25-15(17(20)21)16(28-10)18(27)26-14-9-12(19(22,23)24)7-8-13(14)11-5-3-2-4-6-11/h2-9,17H,1H3,(H,26,27). The van der Waals surface area contributed by atoms with Gasteiger partial charge in [0.1, 0.15) is 10.6 Å². The van der Waals surface area contributed by atoms with Crippen LogP contribution >= 0.6 is 11.3 Å². The van der Waals surface area contributed by atoms with Gasteiger partial charge in [0.05, 0.1) is 10.6 Å². The van der Waals surface area contributed by atoms with Crippen molar-refractivity contribution < 1.29 is 26.7 Å². The zero-order valence-corrected chi connectivity index (χ0v) is 15.2. The van der Waals surface area contributed by atoms with Gasteiger partial charge < -0.3 is 5.32 Å². The highest BCUT2D eigenvalue weighted by Gasteiger charge is 2.32. The van der Waals surface area contributed by atoms with Gasteiger partial charge in [0.25, 0.3) is 12.3 Å². The van der Waals surface area contributed by atoms with Gasteiger partial charge in [-0.15, -0.1) is 11.3 Å². The zero-order chi connectivity index (χ0) is 20.5. The quantitative estimate of drug-likeness (QED) is 0.509. The number of thiazole rings is 1. The molecule has 28 heavy (non-hydrogen) atoms. The second-order valence-electron chi connectivity index (χ2n) is 5.83. The number of carbonyl (C=O) groups is 1. The van der Waals surface area contributed by atoms with Crippen LogP contribution in [0.2, 0.25) is 0 Å². The maximum atomic E-state index is 13.1. The molecule has 0 aliphatic rings. The van der Waals surface area contributed by atoms with Gasteiger partial charge in [0, 0.05) is 11.3 Å². The summed E-state index contributed by atoms with van der Waals surface area (Å²) >= 11 is 0.756. The smallest absolute Gasteiger partial charge is 0.321 e. The third-order valence-electron chi connectivity index (χ3n) is 3.85. The maximum absolute atomic E-state index is 13.1. The van der Waals surface area contributed by atoms with Gasteiger partial charge in [0.2, 0.25) is 0 Å². The number of nitrogens with one attached hydrogen (secondary N) is 1. The summed E-state index contributed by atoms with van der Waals surface area (Å²) in [6, 6.07) is 11.4. The van der Waals surface area contributed by atoms with E-state index in [1.165, 1.54) is 13.0 Å². The van der Waals surface area contributed by atoms with Crippen LogP contribution in [0.4, 0.5) is 27.6 Å². The lowest BCUT2D eigenvalue weighted by Gasteiger charge is -2.15. The summed E-state index contributed by atoms with van der Waals surface area (Å²) in [6.45, 7) is 1.47. The van der Waals surface area contributed by atoms with E-state index in [4.69, 9.17) is 0 Å². The largest absolute Gasteiger partial charge is 0.416 e. The molecule has 2 aromatic carbocycles. The van der Waals surface area contributed by atoms with Crippen molar-refractivity contribution in [1.29, 1.82) is 0 Å². The lowest BCUT2D eigenvalue weighted by molar-refractivity contribution is -0.137. The van der Waals surface area contributed by atoms with Gasteiger partial charge >= 0.3 is 6.18 Å². The van der Waals surface area contributed by atoms with Gasteiger partial charge in [0.15, 0.2) is 0 Å². The highest BCUT2D eigenvalue weighted by atomic mass is 32.1. The number of halogens is 5. The molecule has 0 radical (unpaired) electrons. The van der Waals surface area contributed by atoms with Gasteiger partial charge in [-0.25, -0.2) is 13.8 Å². The van der Waals surface area contributed by atoms with Crippen molar-refractivity contribution in [3.63, 3.8) is 0 Å². The first-order valence-corrected chi connectivity index (χ1v) is 8.82. The third kappa shape index (κ3) is 4.19. The molecule has 1 amide bonds. The Morgan fingerprint density at radius 1 is 1.11 bits per heavy atom. The number of alkyl halides is 5. The summed E-state index contributed by atoms with van der Waals surface area (Å²) in [6.07, 6.45) is -7.59. The summed E-state index contributed by atoms with van der Waals surface area (Å²) in [4.78, 5) is 15.9. The Kier molecular flexibility index (Phi) is 5.46. The Balaban J connectivity index is 2.05. The first kappa shape index (κ1) is 19.9. The molecule has 3 rings (SSSR count). The van der Waals surface area contributed by atoms with E-state index in [-0.39, 0.29) is 15.6 Å². The van der Waals surface area contributed by atoms with E-state index in [9.17, 15) is 26.7 Å². The number of nitrogens with zero attached hydrogens (tertiary/aromatic N) is 1. The van der Waals surface area contributed by atoms with Crippen LogP contribution in [0.25, 0.3) is 11.1 Å². The Bertz CT molecular complexity index is 999. The second-order valence-corrected chi connectivity index (χ2v) is 7.03. The number of benzene rings is 2. The van der Waals surface area contributed by atoms with Crippen molar-refractivity contribution in [3.05, 3.63) is 69.7 Å². The molecule has 9 heteroatoms. The van der Waals surface area contributed by atoms with Crippen LogP contribution < -0.4 is 5.32 Å². The average Bonchev–Trinajstić information content (AvgIpc) is 3.04. The molecule has 0 bridgehead atoms. The number of anilines is 1. The summed E-state index contributed by atoms with van der Waals surface area (Å²) in [7, 11) is 0. The highest BCUT2D eigenvalue weighted by Crippen LogP contribution is 2.36. The van der Waals surface area contributed by atoms with Gasteiger partial charge in [-0.05, 0) is 24.6 Å². The summed E-state index contributed by atoms with van der Waals surface area (Å²) in [5.41, 5.74) is -0.870. The molecule has 1 N–H and O–H groups in total. The van der Waals surface area contributed by atoms with E-state index >= 15 is 0 Å². The maximum Gasteiger partial charge on any atom is 0.416 e. The van der Waals surface area contributed by atoms with E-state index in [2.05, 4.69) is 10.3 Å². The number of hydrogen-bond donors (Lipinski definition) is 1. The predicted octanol–water partition coefficient (Wildman–Crippen LogP) is 6.33. The molecule has 1 aromatic heterocycles. The monoisotopic (exact) mass is 412 g/mol. The Labute approximate surface area is 160 Å². The van der Waals surface area contributed by atoms with E-state index in [0.717, 1.165) is 23.5 Å². The topological polar surface area (TPSA) is 42.0 Å². The molecule has 0 unspecified atom stereocenters. The van der Waals surface area contributed by atoms with Crippen molar-refractivity contribution in [2.75, 3.05) is 5.32 Å². The van der Waals surface area contributed by atoms with Crippen LogP contribution in [0, 0.1) is 6.92 Å². The Hall–Kier alpha value is -2.81. The van der Waals surface area contributed by atoms with Crippen molar-refractivity contribution in [3.8, 4) is 11.1 Å². The van der Waals surface area contributed by atoms with Crippen molar-refractivity contribution in [2.45, 2.75) is 19.5 Å². The minimum atomic E-state index is -4.62. The summed E-state index contributed by atoms with van der Waals surface area (Å²) in [5.74, 6) is -0.933. The van der Waals surface area contributed by atoms with Crippen molar-refractivity contribution in [2.24, 2.45) is 0 Å². The normalized spacial score (nSPS) is 11.7. The first-order valence-electron chi connectivity index (χ1n) is 8.00. The Morgan fingerprint density at radius 2 is 1.79 bits per heavy atom. The lowest BCUT2D eigenvalue weighted by atomic mass is 10.0. The average molecular weight is 412 g/mol. The molecule has 3 nitrogen and oxygen atoms in total. The summed E-state index contributed by atoms with van der Waals surface area (Å²) < 4.78 is 65.6. The molecule has 0 atom stereocenters. The number of aryl methyl sites for hydroxylation is 1. The van der Waals surface area contributed by atoms with Crippen LogP contribution in [0.3, 0.4) is 0 Å². The van der Waals surface area contributed by atoms with Crippen LogP contribution in [-0.2, 0) is 6.18 Å². The lowest BCUT2D eigenvalue weighted by Crippen LogP contribution is -2.15. The van der Waals surface area contributed by atoms with Crippen LogP contribution in [-0.4, -0.2) is 10.9 Å². The zero-order valence-electron chi connectivity index (χ0n) is 14.3. The summed E-state index contributed by atoms with van der Waals surface area (Å²) in [5, 5.41) is 2.60. The Morgan fingerprint density at radius 3 is 2.39 bits per heavy atom. The van der Waals surface area contributed by atoms with E-state index < -0.39 is 29.8 Å². The SMILES string of the molecule is Cc1nc(C(F)F)c(C(=O)Nc2cc(C(F)(F)F)ccc2-c2ccccc2)s1. The number of hydrogen-bond acceptors (Lipinski definition) is 3. The second kappa shape index (κ2) is 7.67. The highest BCUT2D eigenvalue weighted by molar-refractivity contribution is 7.13. The molecule has 0 aliphatic carbocycles. The molecule has 0 spiro atoms. The number of amides is 1. The minimum Gasteiger partial charge on any atom is -0.321 e. The molecule has 0 fully saturated rings. The molecular formula is C19H13F5N2OS. The molecule has 0 saturated carbocycles. The number of rotatable bonds is 4. The van der Waals surface area contributed by atoms with Gasteiger partial charge in [-0.1, -0.05) is 36.4 Å². The fourth-order valence-corrected chi connectivity index (χ4v) is 3.45. The minimum absolute atomic E-state index is 0.128. The number of carbonyl (C=O) groups excluding carboxylic acids is 1. The van der Waals surface area contributed by atoms with Gasteiger partial charge in [-0.3, -0.25) is 4.79 Å².